The van der Waals surface area contributed by atoms with Gasteiger partial charge in [0.1, 0.15) is 17.5 Å². The van der Waals surface area contributed by atoms with Crippen molar-refractivity contribution >= 4 is 23.4 Å². The Morgan fingerprint density at radius 3 is 2.54 bits per heavy atom. The van der Waals surface area contributed by atoms with E-state index in [1.54, 1.807) is 43.9 Å². The normalized spacial score (nSPS) is 15.4. The third-order valence-electron chi connectivity index (χ3n) is 5.72. The average molecular weight is 493 g/mol. The lowest BCUT2D eigenvalue weighted by molar-refractivity contribution is -0.139. The molecule has 4 rings (SSSR count). The fourth-order valence-corrected chi connectivity index (χ4v) is 5.19. The van der Waals surface area contributed by atoms with E-state index in [2.05, 4.69) is 0 Å². The van der Waals surface area contributed by atoms with Gasteiger partial charge in [-0.25, -0.2) is 9.79 Å². The molecule has 0 aliphatic carbocycles. The standard InChI is InChI=1S/C27H28N2O5S/c1-5-10-20-23(26(31)34-6-2)24(19-16-18(32-3)13-14-21(19)33-4)29-25(30)22(35-27(29)28-20)15-17-11-8-7-9-12-17/h7-9,11-16,24H,5-6,10H2,1-4H3/b22-15+/t24-/m0/s1. The molecule has 3 aromatic rings. The maximum absolute atomic E-state index is 13.8. The van der Waals surface area contributed by atoms with Crippen LogP contribution in [0.2, 0.25) is 0 Å². The minimum Gasteiger partial charge on any atom is -0.497 e. The largest absolute Gasteiger partial charge is 0.497 e. The minimum absolute atomic E-state index is 0.210. The van der Waals surface area contributed by atoms with Gasteiger partial charge in [-0.1, -0.05) is 55.0 Å². The molecule has 0 saturated carbocycles. The van der Waals surface area contributed by atoms with Crippen molar-refractivity contribution in [1.82, 2.24) is 4.57 Å². The first-order chi connectivity index (χ1) is 17.0. The quantitative estimate of drug-likeness (QED) is 0.449. The number of esters is 1. The molecule has 0 bridgehead atoms. The van der Waals surface area contributed by atoms with E-state index < -0.39 is 12.0 Å². The summed E-state index contributed by atoms with van der Waals surface area (Å²) in [4.78, 5) is 32.4. The number of carbonyl (C=O) groups excluding carboxylic acids is 1. The third kappa shape index (κ3) is 4.79. The molecule has 2 heterocycles. The average Bonchev–Trinajstić information content (AvgIpc) is 3.18. The number of rotatable bonds is 8. The van der Waals surface area contributed by atoms with Crippen LogP contribution in [0.3, 0.4) is 0 Å². The molecular formula is C27H28N2O5S. The molecule has 1 aliphatic heterocycles. The summed E-state index contributed by atoms with van der Waals surface area (Å²) in [5, 5.41) is 0. The van der Waals surface area contributed by atoms with E-state index in [1.807, 2.05) is 43.3 Å². The zero-order valence-electron chi connectivity index (χ0n) is 20.2. The Morgan fingerprint density at radius 2 is 1.89 bits per heavy atom. The number of thiazole rings is 1. The van der Waals surface area contributed by atoms with Crippen molar-refractivity contribution in [2.24, 2.45) is 4.99 Å². The van der Waals surface area contributed by atoms with E-state index >= 15 is 0 Å². The molecule has 182 valence electrons. The Bertz CT molecular complexity index is 1440. The molecule has 8 heteroatoms. The highest BCUT2D eigenvalue weighted by atomic mass is 32.1. The van der Waals surface area contributed by atoms with Crippen molar-refractivity contribution in [1.29, 1.82) is 0 Å². The zero-order valence-corrected chi connectivity index (χ0v) is 21.1. The predicted molar refractivity (Wildman–Crippen MR) is 136 cm³/mol. The highest BCUT2D eigenvalue weighted by molar-refractivity contribution is 7.07. The summed E-state index contributed by atoms with van der Waals surface area (Å²) in [6.07, 6.45) is 3.19. The number of ether oxygens (including phenoxy) is 3. The van der Waals surface area contributed by atoms with Crippen molar-refractivity contribution in [2.75, 3.05) is 20.8 Å². The highest BCUT2D eigenvalue weighted by Gasteiger charge is 2.36. The first-order valence-corrected chi connectivity index (χ1v) is 12.3. The van der Waals surface area contributed by atoms with Crippen LogP contribution in [0.25, 0.3) is 6.08 Å². The fraction of sp³-hybridized carbons (Fsp3) is 0.296. The maximum Gasteiger partial charge on any atom is 0.338 e. The van der Waals surface area contributed by atoms with Crippen molar-refractivity contribution in [2.45, 2.75) is 32.7 Å². The minimum atomic E-state index is -0.769. The number of methoxy groups -OCH3 is 2. The first kappa shape index (κ1) is 24.5. The number of allylic oxidation sites excluding steroid dienone is 1. The molecule has 2 aromatic carbocycles. The topological polar surface area (TPSA) is 79.1 Å². The summed E-state index contributed by atoms with van der Waals surface area (Å²) in [5.41, 5.74) is 2.27. The maximum atomic E-state index is 13.8. The number of hydrogen-bond donors (Lipinski definition) is 0. The lowest BCUT2D eigenvalue weighted by Crippen LogP contribution is -2.40. The molecule has 0 amide bonds. The van der Waals surface area contributed by atoms with Gasteiger partial charge in [0.05, 0.1) is 36.6 Å². The molecule has 35 heavy (non-hydrogen) atoms. The second kappa shape index (κ2) is 10.7. The summed E-state index contributed by atoms with van der Waals surface area (Å²) >= 11 is 1.31. The van der Waals surface area contributed by atoms with Gasteiger partial charge in [-0.05, 0) is 43.2 Å². The Hall–Kier alpha value is -3.65. The zero-order chi connectivity index (χ0) is 24.9. The van der Waals surface area contributed by atoms with Crippen molar-refractivity contribution < 1.29 is 19.0 Å². The summed E-state index contributed by atoms with van der Waals surface area (Å²) in [6.45, 7) is 3.99. The van der Waals surface area contributed by atoms with E-state index in [4.69, 9.17) is 19.2 Å². The lowest BCUT2D eigenvalue weighted by Gasteiger charge is -2.27. The van der Waals surface area contributed by atoms with Gasteiger partial charge in [-0.2, -0.15) is 0 Å². The number of fused-ring (bicyclic) bond motifs is 1. The van der Waals surface area contributed by atoms with Crippen LogP contribution >= 0.6 is 11.3 Å². The van der Waals surface area contributed by atoms with Gasteiger partial charge >= 0.3 is 5.97 Å². The van der Waals surface area contributed by atoms with E-state index in [1.165, 1.54) is 11.3 Å². The van der Waals surface area contributed by atoms with Gasteiger partial charge in [0.15, 0.2) is 4.80 Å². The van der Waals surface area contributed by atoms with Crippen LogP contribution in [-0.4, -0.2) is 31.4 Å². The Kier molecular flexibility index (Phi) is 7.51. The number of nitrogens with zero attached hydrogens (tertiary/aromatic N) is 2. The molecule has 0 saturated heterocycles. The Labute approximate surface area is 207 Å². The van der Waals surface area contributed by atoms with E-state index in [9.17, 15) is 9.59 Å². The first-order valence-electron chi connectivity index (χ1n) is 11.5. The monoisotopic (exact) mass is 492 g/mol. The number of benzene rings is 2. The second-order valence-electron chi connectivity index (χ2n) is 7.93. The molecule has 0 fully saturated rings. The molecule has 1 aliphatic rings. The smallest absolute Gasteiger partial charge is 0.338 e. The van der Waals surface area contributed by atoms with Gasteiger partial charge in [0.2, 0.25) is 0 Å². The summed E-state index contributed by atoms with van der Waals surface area (Å²) in [7, 11) is 3.13. The molecule has 1 aromatic heterocycles. The van der Waals surface area contributed by atoms with Gasteiger partial charge in [-0.15, -0.1) is 0 Å². The van der Waals surface area contributed by atoms with Gasteiger partial charge in [0, 0.05) is 5.56 Å². The van der Waals surface area contributed by atoms with Gasteiger partial charge < -0.3 is 14.2 Å². The van der Waals surface area contributed by atoms with E-state index in [0.29, 0.717) is 44.1 Å². The third-order valence-corrected chi connectivity index (χ3v) is 6.70. The van der Waals surface area contributed by atoms with E-state index in [0.717, 1.165) is 12.0 Å². The number of carbonyl (C=O) groups is 1. The molecule has 1 atom stereocenters. The highest BCUT2D eigenvalue weighted by Crippen LogP contribution is 2.38. The van der Waals surface area contributed by atoms with Crippen LogP contribution in [0, 0.1) is 0 Å². The lowest BCUT2D eigenvalue weighted by atomic mass is 9.93. The van der Waals surface area contributed by atoms with Crippen LogP contribution in [0.1, 0.15) is 43.9 Å². The van der Waals surface area contributed by atoms with Crippen LogP contribution in [0.5, 0.6) is 11.5 Å². The fourth-order valence-electron chi connectivity index (χ4n) is 4.17. The van der Waals surface area contributed by atoms with Crippen molar-refractivity contribution in [3.05, 3.63) is 90.6 Å². The van der Waals surface area contributed by atoms with Crippen LogP contribution in [-0.2, 0) is 9.53 Å². The SMILES string of the molecule is CCCC1=C(C(=O)OCC)[C@H](c2cc(OC)ccc2OC)n2c(s/c(=C/c3ccccc3)c2=O)=N1. The number of aromatic nitrogens is 1. The molecule has 0 spiro atoms. The molecule has 7 nitrogen and oxygen atoms in total. The summed E-state index contributed by atoms with van der Waals surface area (Å²) in [6, 6.07) is 14.2. The molecule has 0 N–H and O–H groups in total. The van der Waals surface area contributed by atoms with Gasteiger partial charge in [-0.3, -0.25) is 9.36 Å². The van der Waals surface area contributed by atoms with Crippen molar-refractivity contribution in [3.63, 3.8) is 0 Å². The van der Waals surface area contributed by atoms with E-state index in [-0.39, 0.29) is 12.2 Å². The Morgan fingerprint density at radius 1 is 1.11 bits per heavy atom. The van der Waals surface area contributed by atoms with Gasteiger partial charge in [0.25, 0.3) is 5.56 Å². The molecular weight excluding hydrogens is 464 g/mol. The molecule has 0 unspecified atom stereocenters. The predicted octanol–water partition coefficient (Wildman–Crippen LogP) is 3.60. The summed E-state index contributed by atoms with van der Waals surface area (Å²) < 4.78 is 18.7. The Balaban J connectivity index is 2.06. The summed E-state index contributed by atoms with van der Waals surface area (Å²) in [5.74, 6) is 0.629. The molecule has 0 radical (unpaired) electrons. The van der Waals surface area contributed by atoms with Crippen molar-refractivity contribution in [3.8, 4) is 11.5 Å². The second-order valence-corrected chi connectivity index (χ2v) is 8.94. The van der Waals surface area contributed by atoms with Crippen LogP contribution < -0.4 is 24.4 Å². The number of hydrogen-bond acceptors (Lipinski definition) is 7. The van der Waals surface area contributed by atoms with Crippen LogP contribution in [0.4, 0.5) is 0 Å². The van der Waals surface area contributed by atoms with Crippen LogP contribution in [0.15, 0.2) is 69.6 Å².